The molecule has 0 amide bonds. The molecule has 0 atom stereocenters. The summed E-state index contributed by atoms with van der Waals surface area (Å²) in [6, 6.07) is 15.1. The quantitative estimate of drug-likeness (QED) is 0.829. The summed E-state index contributed by atoms with van der Waals surface area (Å²) in [4.78, 5) is 0. The van der Waals surface area contributed by atoms with Gasteiger partial charge in [-0.05, 0) is 42.3 Å². The Morgan fingerprint density at radius 3 is 2.78 bits per heavy atom. The zero-order valence-electron chi connectivity index (χ0n) is 9.98. The van der Waals surface area contributed by atoms with Crippen molar-refractivity contribution >= 4 is 11.6 Å². The molecule has 0 bridgehead atoms. The summed E-state index contributed by atoms with van der Waals surface area (Å²) in [7, 11) is 0. The van der Waals surface area contributed by atoms with E-state index in [0.717, 1.165) is 11.1 Å². The van der Waals surface area contributed by atoms with Crippen LogP contribution < -0.4 is 4.74 Å². The predicted octanol–water partition coefficient (Wildman–Crippen LogP) is 4.10. The van der Waals surface area contributed by atoms with Crippen LogP contribution in [0, 0.1) is 18.3 Å². The monoisotopic (exact) mass is 257 g/mol. The molecule has 2 nitrogen and oxygen atoms in total. The van der Waals surface area contributed by atoms with Crippen LogP contribution in [0.1, 0.15) is 16.7 Å². The van der Waals surface area contributed by atoms with Crippen LogP contribution in [0.2, 0.25) is 5.02 Å². The average Bonchev–Trinajstić information content (AvgIpc) is 2.38. The van der Waals surface area contributed by atoms with E-state index in [9.17, 15) is 0 Å². The zero-order chi connectivity index (χ0) is 13.0. The van der Waals surface area contributed by atoms with E-state index in [1.165, 1.54) is 0 Å². The minimum absolute atomic E-state index is 0.401. The highest BCUT2D eigenvalue weighted by Gasteiger charge is 2.02. The van der Waals surface area contributed by atoms with E-state index in [2.05, 4.69) is 6.07 Å². The number of rotatable bonds is 3. The predicted molar refractivity (Wildman–Crippen MR) is 71.7 cm³/mol. The van der Waals surface area contributed by atoms with Crippen LogP contribution in [0.4, 0.5) is 0 Å². The standard InChI is InChI=1S/C15H12ClNO/c1-11-5-6-15(14(16)7-11)18-10-13-4-2-3-12(8-13)9-17/h2-8H,10H2,1H3. The van der Waals surface area contributed by atoms with Crippen molar-refractivity contribution in [2.45, 2.75) is 13.5 Å². The van der Waals surface area contributed by atoms with E-state index in [4.69, 9.17) is 21.6 Å². The van der Waals surface area contributed by atoms with Crippen molar-refractivity contribution in [2.24, 2.45) is 0 Å². The van der Waals surface area contributed by atoms with Crippen molar-refractivity contribution < 1.29 is 4.74 Å². The zero-order valence-corrected chi connectivity index (χ0v) is 10.7. The lowest BCUT2D eigenvalue weighted by Gasteiger charge is -2.08. The van der Waals surface area contributed by atoms with E-state index in [0.29, 0.717) is 22.9 Å². The maximum absolute atomic E-state index is 8.81. The molecule has 18 heavy (non-hydrogen) atoms. The Bertz CT molecular complexity index is 602. The summed E-state index contributed by atoms with van der Waals surface area (Å²) < 4.78 is 5.64. The molecule has 0 saturated carbocycles. The molecule has 0 radical (unpaired) electrons. The molecule has 90 valence electrons. The third kappa shape index (κ3) is 3.03. The molecule has 0 saturated heterocycles. The Labute approximate surface area is 111 Å². The topological polar surface area (TPSA) is 33.0 Å². The summed E-state index contributed by atoms with van der Waals surface area (Å²) in [5.41, 5.74) is 2.68. The third-order valence-corrected chi connectivity index (χ3v) is 2.83. The van der Waals surface area contributed by atoms with Gasteiger partial charge >= 0.3 is 0 Å². The molecular weight excluding hydrogens is 246 g/mol. The van der Waals surface area contributed by atoms with Crippen LogP contribution in [0.15, 0.2) is 42.5 Å². The average molecular weight is 258 g/mol. The van der Waals surface area contributed by atoms with Crippen molar-refractivity contribution in [1.82, 2.24) is 0 Å². The van der Waals surface area contributed by atoms with Crippen molar-refractivity contribution in [3.63, 3.8) is 0 Å². The Balaban J connectivity index is 2.09. The fourth-order valence-electron chi connectivity index (χ4n) is 1.61. The first kappa shape index (κ1) is 12.5. The van der Waals surface area contributed by atoms with Gasteiger partial charge in [-0.15, -0.1) is 0 Å². The molecule has 0 aliphatic carbocycles. The van der Waals surface area contributed by atoms with Gasteiger partial charge < -0.3 is 4.74 Å². The third-order valence-electron chi connectivity index (χ3n) is 2.54. The Morgan fingerprint density at radius 2 is 2.06 bits per heavy atom. The maximum Gasteiger partial charge on any atom is 0.138 e. The van der Waals surface area contributed by atoms with Gasteiger partial charge in [0.1, 0.15) is 12.4 Å². The van der Waals surface area contributed by atoms with Crippen LogP contribution in [0.25, 0.3) is 0 Å². The summed E-state index contributed by atoms with van der Waals surface area (Å²) in [5, 5.41) is 9.41. The normalized spacial score (nSPS) is 9.83. The van der Waals surface area contributed by atoms with Gasteiger partial charge in [-0.2, -0.15) is 5.26 Å². The molecule has 0 aliphatic heterocycles. The molecule has 2 rings (SSSR count). The summed E-state index contributed by atoms with van der Waals surface area (Å²) in [6.45, 7) is 2.38. The lowest BCUT2D eigenvalue weighted by atomic mass is 10.1. The molecule has 0 N–H and O–H groups in total. The van der Waals surface area contributed by atoms with Gasteiger partial charge in [-0.3, -0.25) is 0 Å². The number of nitriles is 1. The van der Waals surface area contributed by atoms with E-state index >= 15 is 0 Å². The first-order valence-corrected chi connectivity index (χ1v) is 5.95. The first-order valence-electron chi connectivity index (χ1n) is 5.57. The molecule has 0 spiro atoms. The van der Waals surface area contributed by atoms with Crippen molar-refractivity contribution in [3.05, 3.63) is 64.2 Å². The van der Waals surface area contributed by atoms with E-state index < -0.39 is 0 Å². The van der Waals surface area contributed by atoms with Crippen LogP contribution in [0.3, 0.4) is 0 Å². The van der Waals surface area contributed by atoms with E-state index in [1.807, 2.05) is 43.3 Å². The van der Waals surface area contributed by atoms with E-state index in [-0.39, 0.29) is 0 Å². The van der Waals surface area contributed by atoms with Gasteiger partial charge in [0.05, 0.1) is 16.7 Å². The Hall–Kier alpha value is -1.98. The molecular formula is C15H12ClNO. The number of hydrogen-bond donors (Lipinski definition) is 0. The van der Waals surface area contributed by atoms with Crippen molar-refractivity contribution in [3.8, 4) is 11.8 Å². The van der Waals surface area contributed by atoms with Gasteiger partial charge in [0.2, 0.25) is 0 Å². The molecule has 0 unspecified atom stereocenters. The van der Waals surface area contributed by atoms with Gasteiger partial charge in [-0.25, -0.2) is 0 Å². The smallest absolute Gasteiger partial charge is 0.138 e. The lowest BCUT2D eigenvalue weighted by Crippen LogP contribution is -1.96. The molecule has 0 heterocycles. The molecule has 3 heteroatoms. The molecule has 0 fully saturated rings. The SMILES string of the molecule is Cc1ccc(OCc2cccc(C#N)c2)c(Cl)c1. The molecule has 0 aromatic heterocycles. The number of halogens is 1. The second-order valence-corrected chi connectivity index (χ2v) is 4.44. The molecule has 0 aliphatic rings. The van der Waals surface area contributed by atoms with Crippen LogP contribution in [0.5, 0.6) is 5.75 Å². The molecule has 2 aromatic carbocycles. The maximum atomic E-state index is 8.81. The second kappa shape index (κ2) is 5.57. The number of nitrogens with zero attached hydrogens (tertiary/aromatic N) is 1. The summed E-state index contributed by atoms with van der Waals surface area (Å²) in [5.74, 6) is 0.657. The van der Waals surface area contributed by atoms with E-state index in [1.54, 1.807) is 6.07 Å². The second-order valence-electron chi connectivity index (χ2n) is 4.03. The van der Waals surface area contributed by atoms with Gasteiger partial charge in [0.15, 0.2) is 0 Å². The number of hydrogen-bond acceptors (Lipinski definition) is 2. The first-order chi connectivity index (χ1) is 8.69. The van der Waals surface area contributed by atoms with Crippen molar-refractivity contribution in [1.29, 1.82) is 5.26 Å². The minimum atomic E-state index is 0.401. The lowest BCUT2D eigenvalue weighted by molar-refractivity contribution is 0.306. The Morgan fingerprint density at radius 1 is 1.22 bits per heavy atom. The highest BCUT2D eigenvalue weighted by atomic mass is 35.5. The van der Waals surface area contributed by atoms with Gasteiger partial charge in [-0.1, -0.05) is 29.8 Å². The van der Waals surface area contributed by atoms with Crippen LogP contribution >= 0.6 is 11.6 Å². The number of aryl methyl sites for hydroxylation is 1. The number of benzene rings is 2. The van der Waals surface area contributed by atoms with Gasteiger partial charge in [0, 0.05) is 0 Å². The molecule has 2 aromatic rings. The highest BCUT2D eigenvalue weighted by molar-refractivity contribution is 6.32. The summed E-state index contributed by atoms with van der Waals surface area (Å²) >= 11 is 6.08. The highest BCUT2D eigenvalue weighted by Crippen LogP contribution is 2.26. The summed E-state index contributed by atoms with van der Waals surface area (Å²) in [6.07, 6.45) is 0. The minimum Gasteiger partial charge on any atom is -0.487 e. The Kier molecular flexibility index (Phi) is 3.86. The fourth-order valence-corrected chi connectivity index (χ4v) is 1.90. The number of ether oxygens (including phenoxy) is 1. The van der Waals surface area contributed by atoms with Crippen molar-refractivity contribution in [2.75, 3.05) is 0 Å². The largest absolute Gasteiger partial charge is 0.487 e. The van der Waals surface area contributed by atoms with Crippen LogP contribution in [-0.2, 0) is 6.61 Å². The van der Waals surface area contributed by atoms with Gasteiger partial charge in [0.25, 0.3) is 0 Å². The fraction of sp³-hybridized carbons (Fsp3) is 0.133. The van der Waals surface area contributed by atoms with Crippen LogP contribution in [-0.4, -0.2) is 0 Å².